The smallest absolute Gasteiger partial charge is 0.315 e. The predicted octanol–water partition coefficient (Wildman–Crippen LogP) is 2.46. The maximum atomic E-state index is 11.9. The van der Waals surface area contributed by atoms with Crippen LogP contribution in [0.25, 0.3) is 0 Å². The van der Waals surface area contributed by atoms with Crippen LogP contribution >= 0.6 is 11.8 Å². The highest BCUT2D eigenvalue weighted by Gasteiger charge is 2.42. The van der Waals surface area contributed by atoms with Gasteiger partial charge in [0.25, 0.3) is 0 Å². The molecule has 9 heteroatoms. The van der Waals surface area contributed by atoms with Crippen LogP contribution in [0.15, 0.2) is 0 Å². The Kier molecular flexibility index (Phi) is 14.0. The zero-order valence-electron chi connectivity index (χ0n) is 19.0. The van der Waals surface area contributed by atoms with E-state index in [2.05, 4.69) is 22.9 Å². The summed E-state index contributed by atoms with van der Waals surface area (Å²) in [5.41, 5.74) is 0. The lowest BCUT2D eigenvalue weighted by Crippen LogP contribution is -2.36. The Bertz CT molecular complexity index is 512. The summed E-state index contributed by atoms with van der Waals surface area (Å²) >= 11 is 1.92. The SMILES string of the molecule is CCCCOCCOCCCOCCCNC(=O)CCCCC1SCC2NC(=O)NC21. The van der Waals surface area contributed by atoms with Crippen molar-refractivity contribution in [3.05, 3.63) is 0 Å². The third-order valence-electron chi connectivity index (χ3n) is 5.46. The van der Waals surface area contributed by atoms with E-state index in [9.17, 15) is 9.59 Å². The average Bonchev–Trinajstić information content (AvgIpc) is 3.30. The van der Waals surface area contributed by atoms with Crippen molar-refractivity contribution >= 4 is 23.7 Å². The second-order valence-electron chi connectivity index (χ2n) is 8.12. The quantitative estimate of drug-likeness (QED) is 0.203. The van der Waals surface area contributed by atoms with Gasteiger partial charge >= 0.3 is 6.03 Å². The summed E-state index contributed by atoms with van der Waals surface area (Å²) in [7, 11) is 0. The number of rotatable bonds is 19. The highest BCUT2D eigenvalue weighted by Crippen LogP contribution is 2.33. The topological polar surface area (TPSA) is 97.9 Å². The molecule has 3 atom stereocenters. The van der Waals surface area contributed by atoms with Gasteiger partial charge in [-0.1, -0.05) is 19.8 Å². The summed E-state index contributed by atoms with van der Waals surface area (Å²) in [6, 6.07) is 0.484. The van der Waals surface area contributed by atoms with E-state index >= 15 is 0 Å². The maximum Gasteiger partial charge on any atom is 0.315 e. The summed E-state index contributed by atoms with van der Waals surface area (Å²) in [6.45, 7) is 6.96. The molecule has 8 nitrogen and oxygen atoms in total. The number of unbranched alkanes of at least 4 members (excludes halogenated alkanes) is 2. The van der Waals surface area contributed by atoms with E-state index in [1.165, 1.54) is 0 Å². The molecule has 0 aromatic heterocycles. The van der Waals surface area contributed by atoms with Crippen LogP contribution in [0.5, 0.6) is 0 Å². The van der Waals surface area contributed by atoms with Crippen molar-refractivity contribution in [2.75, 3.05) is 51.9 Å². The molecule has 2 fully saturated rings. The molecule has 0 aliphatic carbocycles. The molecule has 3 amide bonds. The first kappa shape index (κ1) is 26.2. The highest BCUT2D eigenvalue weighted by molar-refractivity contribution is 8.00. The number of urea groups is 1. The lowest BCUT2D eigenvalue weighted by molar-refractivity contribution is -0.121. The van der Waals surface area contributed by atoms with Gasteiger partial charge in [-0.2, -0.15) is 11.8 Å². The molecule has 2 aliphatic rings. The minimum Gasteiger partial charge on any atom is -0.381 e. The van der Waals surface area contributed by atoms with Gasteiger partial charge in [-0.25, -0.2) is 4.79 Å². The molecule has 31 heavy (non-hydrogen) atoms. The second-order valence-corrected chi connectivity index (χ2v) is 9.39. The van der Waals surface area contributed by atoms with Crippen LogP contribution in [0.1, 0.15) is 58.3 Å². The van der Waals surface area contributed by atoms with Crippen LogP contribution in [0.2, 0.25) is 0 Å². The molecule has 0 saturated carbocycles. The zero-order valence-corrected chi connectivity index (χ0v) is 19.8. The fraction of sp³-hybridized carbons (Fsp3) is 0.909. The normalized spacial score (nSPS) is 22.2. The highest BCUT2D eigenvalue weighted by atomic mass is 32.2. The second kappa shape index (κ2) is 16.6. The fourth-order valence-electron chi connectivity index (χ4n) is 3.70. The molecular formula is C22H41N3O5S. The predicted molar refractivity (Wildman–Crippen MR) is 124 cm³/mol. The van der Waals surface area contributed by atoms with E-state index in [1.807, 2.05) is 11.8 Å². The number of nitrogens with one attached hydrogen (secondary N) is 3. The van der Waals surface area contributed by atoms with Crippen LogP contribution < -0.4 is 16.0 Å². The summed E-state index contributed by atoms with van der Waals surface area (Å²) < 4.78 is 16.5. The number of carbonyl (C=O) groups is 2. The van der Waals surface area contributed by atoms with Crippen LogP contribution in [0, 0.1) is 0 Å². The Balaban J connectivity index is 1.30. The van der Waals surface area contributed by atoms with Crippen molar-refractivity contribution < 1.29 is 23.8 Å². The van der Waals surface area contributed by atoms with Crippen molar-refractivity contribution in [1.29, 1.82) is 0 Å². The molecule has 2 aliphatic heterocycles. The first-order chi connectivity index (χ1) is 15.2. The fourth-order valence-corrected chi connectivity index (χ4v) is 5.24. The van der Waals surface area contributed by atoms with Crippen LogP contribution in [-0.2, 0) is 19.0 Å². The Morgan fingerprint density at radius 2 is 1.68 bits per heavy atom. The molecule has 3 unspecified atom stereocenters. The minimum atomic E-state index is -0.0414. The lowest BCUT2D eigenvalue weighted by Gasteiger charge is -2.16. The van der Waals surface area contributed by atoms with E-state index in [0.717, 1.165) is 57.3 Å². The summed E-state index contributed by atoms with van der Waals surface area (Å²) in [4.78, 5) is 23.3. The van der Waals surface area contributed by atoms with Gasteiger partial charge in [-0.15, -0.1) is 0 Å². The van der Waals surface area contributed by atoms with E-state index < -0.39 is 0 Å². The zero-order chi connectivity index (χ0) is 22.2. The Morgan fingerprint density at radius 1 is 0.968 bits per heavy atom. The Labute approximate surface area is 191 Å². The van der Waals surface area contributed by atoms with E-state index in [4.69, 9.17) is 14.2 Å². The molecule has 0 aromatic rings. The minimum absolute atomic E-state index is 0.0414. The van der Waals surface area contributed by atoms with Gasteiger partial charge in [-0.3, -0.25) is 4.79 Å². The third kappa shape index (κ3) is 11.4. The Hall–Kier alpha value is -1.03. The van der Waals surface area contributed by atoms with Gasteiger partial charge in [0.2, 0.25) is 5.91 Å². The number of thioether (sulfide) groups is 1. The first-order valence-corrected chi connectivity index (χ1v) is 12.9. The van der Waals surface area contributed by atoms with Crippen molar-refractivity contribution in [2.45, 2.75) is 75.6 Å². The average molecular weight is 460 g/mol. The summed E-state index contributed by atoms with van der Waals surface area (Å²) in [5.74, 6) is 1.10. The van der Waals surface area contributed by atoms with Gasteiger partial charge < -0.3 is 30.2 Å². The van der Waals surface area contributed by atoms with Crippen LogP contribution in [0.3, 0.4) is 0 Å². The molecule has 0 bridgehead atoms. The molecule has 2 saturated heterocycles. The van der Waals surface area contributed by atoms with Crippen LogP contribution in [-0.4, -0.2) is 81.2 Å². The van der Waals surface area contributed by atoms with Crippen LogP contribution in [0.4, 0.5) is 4.79 Å². The van der Waals surface area contributed by atoms with E-state index in [1.54, 1.807) is 0 Å². The number of carbonyl (C=O) groups excluding carboxylic acids is 2. The molecule has 0 aromatic carbocycles. The van der Waals surface area contributed by atoms with E-state index in [-0.39, 0.29) is 24.0 Å². The maximum absolute atomic E-state index is 11.9. The lowest BCUT2D eigenvalue weighted by atomic mass is 10.0. The van der Waals surface area contributed by atoms with Crippen molar-refractivity contribution in [2.24, 2.45) is 0 Å². The number of ether oxygens (including phenoxy) is 3. The molecule has 0 radical (unpaired) electrons. The van der Waals surface area contributed by atoms with Gasteiger partial charge in [0.1, 0.15) is 0 Å². The van der Waals surface area contributed by atoms with Gasteiger partial charge in [0, 0.05) is 50.4 Å². The van der Waals surface area contributed by atoms with Crippen molar-refractivity contribution in [1.82, 2.24) is 16.0 Å². The summed E-state index contributed by atoms with van der Waals surface area (Å²) in [5, 5.41) is 9.40. The molecule has 2 heterocycles. The van der Waals surface area contributed by atoms with Gasteiger partial charge in [0.15, 0.2) is 0 Å². The molecule has 3 N–H and O–H groups in total. The first-order valence-electron chi connectivity index (χ1n) is 11.9. The van der Waals surface area contributed by atoms with E-state index in [0.29, 0.717) is 51.2 Å². The third-order valence-corrected chi connectivity index (χ3v) is 6.97. The van der Waals surface area contributed by atoms with Gasteiger partial charge in [-0.05, 0) is 32.1 Å². The number of hydrogen-bond acceptors (Lipinski definition) is 6. The van der Waals surface area contributed by atoms with Crippen molar-refractivity contribution in [3.63, 3.8) is 0 Å². The number of fused-ring (bicyclic) bond motifs is 1. The largest absolute Gasteiger partial charge is 0.381 e. The molecule has 0 spiro atoms. The monoisotopic (exact) mass is 459 g/mol. The molecule has 2 rings (SSSR count). The molecular weight excluding hydrogens is 418 g/mol. The standard InChI is InChI=1S/C22H41N3O5S/c1-2-3-11-29-15-16-30-14-7-13-28-12-6-10-23-20(26)9-5-4-8-19-21-18(17-31-19)24-22(27)25-21/h18-19,21H,2-17H2,1H3,(H,23,26)(H2,24,25,27). The number of amides is 3. The van der Waals surface area contributed by atoms with Gasteiger partial charge in [0.05, 0.1) is 25.3 Å². The molecule has 180 valence electrons. The Morgan fingerprint density at radius 3 is 2.45 bits per heavy atom. The number of hydrogen-bond donors (Lipinski definition) is 3. The van der Waals surface area contributed by atoms with Crippen molar-refractivity contribution in [3.8, 4) is 0 Å². The summed E-state index contributed by atoms with van der Waals surface area (Å²) in [6.07, 6.45) is 7.48.